The van der Waals surface area contributed by atoms with Gasteiger partial charge in [-0.05, 0) is 36.8 Å². The number of hydrogen-bond donors (Lipinski definition) is 0. The Morgan fingerprint density at radius 3 is 2.52 bits per heavy atom. The first-order valence-corrected chi connectivity index (χ1v) is 10.5. The monoisotopic (exact) mass is 445 g/mol. The van der Waals surface area contributed by atoms with Crippen LogP contribution in [0.2, 0.25) is 0 Å². The van der Waals surface area contributed by atoms with Crippen LogP contribution in [-0.2, 0) is 4.79 Å². The Bertz CT molecular complexity index is 1400. The molecule has 0 spiro atoms. The summed E-state index contributed by atoms with van der Waals surface area (Å²) in [6.07, 6.45) is 3.97. The van der Waals surface area contributed by atoms with Gasteiger partial charge in [-0.2, -0.15) is 10.2 Å². The first kappa shape index (κ1) is 20.6. The number of benzene rings is 2. The van der Waals surface area contributed by atoms with E-state index >= 15 is 4.39 Å². The van der Waals surface area contributed by atoms with Crippen LogP contribution in [0.3, 0.4) is 0 Å². The Morgan fingerprint density at radius 1 is 1.00 bits per heavy atom. The molecule has 0 atom stereocenters. The maximum absolute atomic E-state index is 15.5. The van der Waals surface area contributed by atoms with Crippen LogP contribution in [0.15, 0.2) is 71.8 Å². The van der Waals surface area contributed by atoms with Crippen molar-refractivity contribution in [2.45, 2.75) is 12.8 Å². The number of halogens is 1. The number of amides is 1. The molecule has 0 saturated carbocycles. The summed E-state index contributed by atoms with van der Waals surface area (Å²) in [5.74, 6) is -0.722. The van der Waals surface area contributed by atoms with E-state index < -0.39 is 11.2 Å². The van der Waals surface area contributed by atoms with E-state index in [2.05, 4.69) is 10.2 Å². The van der Waals surface area contributed by atoms with Crippen molar-refractivity contribution >= 4 is 11.6 Å². The van der Waals surface area contributed by atoms with E-state index in [-0.39, 0.29) is 28.7 Å². The zero-order chi connectivity index (χ0) is 22.9. The summed E-state index contributed by atoms with van der Waals surface area (Å²) in [6, 6.07) is 15.7. The van der Waals surface area contributed by atoms with Crippen molar-refractivity contribution in [2.24, 2.45) is 0 Å². The first-order chi connectivity index (χ1) is 16.1. The highest BCUT2D eigenvalue weighted by Gasteiger charge is 2.26. The van der Waals surface area contributed by atoms with Crippen LogP contribution in [-0.4, -0.2) is 39.1 Å². The summed E-state index contributed by atoms with van der Waals surface area (Å²) >= 11 is 0. The molecule has 1 amide bonds. The molecule has 0 bridgehead atoms. The molecule has 3 heterocycles. The maximum atomic E-state index is 15.5. The van der Waals surface area contributed by atoms with Crippen molar-refractivity contribution in [2.75, 3.05) is 18.6 Å². The lowest BCUT2D eigenvalue weighted by atomic mass is 10.2. The minimum Gasteiger partial charge on any atom is -0.491 e. The van der Waals surface area contributed by atoms with Crippen LogP contribution in [0.25, 0.3) is 22.8 Å². The highest BCUT2D eigenvalue weighted by molar-refractivity contribution is 5.95. The van der Waals surface area contributed by atoms with Crippen molar-refractivity contribution in [1.82, 2.24) is 19.6 Å². The van der Waals surface area contributed by atoms with Gasteiger partial charge in [0.05, 0.1) is 36.6 Å². The molecule has 1 aliphatic rings. The van der Waals surface area contributed by atoms with Crippen molar-refractivity contribution in [3.8, 4) is 28.5 Å². The molecular weight excluding hydrogens is 425 g/mol. The number of methoxy groups -OCH3 is 1. The summed E-state index contributed by atoms with van der Waals surface area (Å²) in [6.45, 7) is 0.460. The average Bonchev–Trinajstić information content (AvgIpc) is 3.49. The van der Waals surface area contributed by atoms with Crippen molar-refractivity contribution in [1.29, 1.82) is 0 Å². The SMILES string of the molecule is COc1cn(-c2cccc(N3CCCC3=O)c2F)nc(-c2ccnn2-c2ccccc2)c1=O. The van der Waals surface area contributed by atoms with Gasteiger partial charge in [-0.3, -0.25) is 9.59 Å². The Balaban J connectivity index is 1.67. The van der Waals surface area contributed by atoms with Gasteiger partial charge < -0.3 is 9.64 Å². The summed E-state index contributed by atoms with van der Waals surface area (Å²) in [4.78, 5) is 26.7. The molecule has 166 valence electrons. The lowest BCUT2D eigenvalue weighted by Crippen LogP contribution is -2.25. The molecule has 9 heteroatoms. The molecule has 1 fully saturated rings. The van der Waals surface area contributed by atoms with Gasteiger partial charge in [0.15, 0.2) is 17.3 Å². The van der Waals surface area contributed by atoms with Crippen molar-refractivity contribution < 1.29 is 13.9 Å². The second kappa shape index (κ2) is 8.34. The number of nitrogens with zero attached hydrogens (tertiary/aromatic N) is 5. The fourth-order valence-electron chi connectivity index (χ4n) is 3.96. The van der Waals surface area contributed by atoms with E-state index in [1.54, 1.807) is 29.1 Å². The summed E-state index contributed by atoms with van der Waals surface area (Å²) in [5.41, 5.74) is 1.07. The number of rotatable bonds is 5. The van der Waals surface area contributed by atoms with E-state index in [0.29, 0.717) is 25.1 Å². The third-order valence-electron chi connectivity index (χ3n) is 5.56. The molecule has 0 radical (unpaired) electrons. The number of aromatic nitrogens is 4. The molecular formula is C24H20FN5O3. The lowest BCUT2D eigenvalue weighted by Gasteiger charge is -2.19. The predicted octanol–water partition coefficient (Wildman–Crippen LogP) is 3.36. The minimum absolute atomic E-state index is 0.00265. The van der Waals surface area contributed by atoms with Crippen molar-refractivity contribution in [3.63, 3.8) is 0 Å². The molecule has 2 aromatic carbocycles. The van der Waals surface area contributed by atoms with Crippen LogP contribution >= 0.6 is 0 Å². The van der Waals surface area contributed by atoms with Gasteiger partial charge in [0.1, 0.15) is 5.69 Å². The number of hydrogen-bond acceptors (Lipinski definition) is 5. The zero-order valence-corrected chi connectivity index (χ0v) is 17.8. The lowest BCUT2D eigenvalue weighted by molar-refractivity contribution is -0.117. The van der Waals surface area contributed by atoms with E-state index in [0.717, 1.165) is 5.69 Å². The van der Waals surface area contributed by atoms with Gasteiger partial charge in [0.25, 0.3) is 5.43 Å². The number of ether oxygens (including phenoxy) is 1. The van der Waals surface area contributed by atoms with Crippen LogP contribution < -0.4 is 15.1 Å². The molecule has 0 aliphatic carbocycles. The number of anilines is 1. The van der Waals surface area contributed by atoms with E-state index in [1.807, 2.05) is 30.3 Å². The van der Waals surface area contributed by atoms with E-state index in [1.165, 1.54) is 29.0 Å². The molecule has 5 rings (SSSR count). The van der Waals surface area contributed by atoms with E-state index in [4.69, 9.17) is 4.74 Å². The van der Waals surface area contributed by atoms with Crippen LogP contribution in [0, 0.1) is 5.82 Å². The van der Waals surface area contributed by atoms with Gasteiger partial charge in [-0.1, -0.05) is 24.3 Å². The average molecular weight is 445 g/mol. The van der Waals surface area contributed by atoms with Gasteiger partial charge in [-0.25, -0.2) is 13.8 Å². The maximum Gasteiger partial charge on any atom is 0.251 e. The number of para-hydroxylation sites is 1. The summed E-state index contributed by atoms with van der Waals surface area (Å²) < 4.78 is 23.7. The third kappa shape index (κ3) is 3.57. The minimum atomic E-state index is -0.603. The fourth-order valence-corrected chi connectivity index (χ4v) is 3.96. The van der Waals surface area contributed by atoms with Gasteiger partial charge in [0.2, 0.25) is 5.91 Å². The number of carbonyl (C=O) groups excluding carboxylic acids is 1. The zero-order valence-electron chi connectivity index (χ0n) is 17.8. The fraction of sp³-hybridized carbons (Fsp3) is 0.167. The predicted molar refractivity (Wildman–Crippen MR) is 120 cm³/mol. The molecule has 33 heavy (non-hydrogen) atoms. The third-order valence-corrected chi connectivity index (χ3v) is 5.56. The van der Waals surface area contributed by atoms with E-state index in [9.17, 15) is 9.59 Å². The second-order valence-electron chi connectivity index (χ2n) is 7.54. The first-order valence-electron chi connectivity index (χ1n) is 10.5. The molecule has 4 aromatic rings. The molecule has 0 unspecified atom stereocenters. The molecule has 2 aromatic heterocycles. The topological polar surface area (TPSA) is 82.2 Å². The Morgan fingerprint density at radius 2 is 1.79 bits per heavy atom. The van der Waals surface area contributed by atoms with Crippen LogP contribution in [0.5, 0.6) is 5.75 Å². The van der Waals surface area contributed by atoms with Gasteiger partial charge >= 0.3 is 0 Å². The highest BCUT2D eigenvalue weighted by atomic mass is 19.1. The number of carbonyl (C=O) groups is 1. The second-order valence-corrected chi connectivity index (χ2v) is 7.54. The van der Waals surface area contributed by atoms with Gasteiger partial charge in [-0.15, -0.1) is 0 Å². The standard InChI is InChI=1S/C24H20FN5O3/c1-33-20-15-29(18-10-5-9-17(22(18)25)28-14-6-11-21(28)31)27-23(24(20)32)19-12-13-26-30(19)16-7-3-2-4-8-16/h2-5,7-10,12-13,15H,6,11,14H2,1H3. The Hall–Kier alpha value is -4.27. The summed E-state index contributed by atoms with van der Waals surface area (Å²) in [5, 5.41) is 8.77. The highest BCUT2D eigenvalue weighted by Crippen LogP contribution is 2.29. The largest absolute Gasteiger partial charge is 0.491 e. The molecule has 1 aliphatic heterocycles. The van der Waals surface area contributed by atoms with Gasteiger partial charge in [0, 0.05) is 13.0 Å². The normalized spacial score (nSPS) is 13.5. The Kier molecular flexibility index (Phi) is 5.21. The van der Waals surface area contributed by atoms with Crippen molar-refractivity contribution in [3.05, 3.63) is 83.0 Å². The molecule has 8 nitrogen and oxygen atoms in total. The molecule has 1 saturated heterocycles. The Labute approximate surface area is 188 Å². The molecule has 0 N–H and O–H groups in total. The smallest absolute Gasteiger partial charge is 0.251 e. The quantitative estimate of drug-likeness (QED) is 0.471. The van der Waals surface area contributed by atoms with Crippen LogP contribution in [0.4, 0.5) is 10.1 Å². The summed E-state index contributed by atoms with van der Waals surface area (Å²) in [7, 11) is 1.37. The van der Waals surface area contributed by atoms with Crippen LogP contribution in [0.1, 0.15) is 12.8 Å².